The van der Waals surface area contributed by atoms with Gasteiger partial charge in [-0.05, 0) is 63.1 Å². The lowest BCUT2D eigenvalue weighted by Gasteiger charge is -2.35. The summed E-state index contributed by atoms with van der Waals surface area (Å²) < 4.78 is 5.88. The van der Waals surface area contributed by atoms with Gasteiger partial charge >= 0.3 is 5.97 Å². The zero-order chi connectivity index (χ0) is 19.7. The topological polar surface area (TPSA) is 76.0 Å². The normalized spacial score (nSPS) is 25.9. The van der Waals surface area contributed by atoms with E-state index in [9.17, 15) is 14.7 Å². The van der Waals surface area contributed by atoms with Crippen LogP contribution >= 0.6 is 0 Å². The molecule has 5 nitrogen and oxygen atoms in total. The Morgan fingerprint density at radius 3 is 2.68 bits per heavy atom. The number of esters is 1. The fourth-order valence-corrected chi connectivity index (χ4v) is 4.81. The number of phenolic OH excluding ortho intramolecular Hbond substituents is 1. The molecule has 0 spiro atoms. The van der Waals surface area contributed by atoms with E-state index in [0.29, 0.717) is 17.7 Å². The van der Waals surface area contributed by atoms with Crippen LogP contribution in [-0.2, 0) is 14.3 Å². The van der Waals surface area contributed by atoms with Crippen molar-refractivity contribution < 1.29 is 19.4 Å². The van der Waals surface area contributed by atoms with E-state index >= 15 is 0 Å². The van der Waals surface area contributed by atoms with Crippen LogP contribution in [0.1, 0.15) is 69.8 Å². The maximum atomic E-state index is 13.2. The van der Waals surface area contributed by atoms with E-state index in [1.165, 1.54) is 6.42 Å². The summed E-state index contributed by atoms with van der Waals surface area (Å²) >= 11 is 0. The number of benzene rings is 1. The van der Waals surface area contributed by atoms with Gasteiger partial charge in [-0.2, -0.15) is 0 Å². The molecule has 1 aliphatic heterocycles. The van der Waals surface area contributed by atoms with Crippen molar-refractivity contribution in [2.45, 2.75) is 70.3 Å². The maximum absolute atomic E-state index is 13.2. The van der Waals surface area contributed by atoms with Crippen LogP contribution in [0.15, 0.2) is 40.5 Å². The number of hydrogen-bond donors (Lipinski definition) is 1. The van der Waals surface area contributed by atoms with Gasteiger partial charge in [-0.1, -0.05) is 18.6 Å². The first-order valence-corrected chi connectivity index (χ1v) is 10.4. The minimum Gasteiger partial charge on any atom is -0.508 e. The summed E-state index contributed by atoms with van der Waals surface area (Å²) in [6, 6.07) is 6.87. The minimum atomic E-state index is -0.621. The largest absolute Gasteiger partial charge is 0.508 e. The van der Waals surface area contributed by atoms with Gasteiger partial charge in [-0.25, -0.2) is 0 Å². The number of ether oxygens (including phenoxy) is 1. The van der Waals surface area contributed by atoms with Crippen LogP contribution in [0.3, 0.4) is 0 Å². The van der Waals surface area contributed by atoms with Crippen molar-refractivity contribution in [3.63, 3.8) is 0 Å². The number of rotatable bonds is 3. The lowest BCUT2D eigenvalue weighted by atomic mass is 9.71. The highest BCUT2D eigenvalue weighted by molar-refractivity contribution is 6.08. The molecule has 28 heavy (non-hydrogen) atoms. The third kappa shape index (κ3) is 3.62. The summed E-state index contributed by atoms with van der Waals surface area (Å²) in [5, 5.41) is 10.0. The Labute approximate surface area is 165 Å². The molecule has 3 aliphatic rings. The average molecular weight is 381 g/mol. The SMILES string of the molecule is CC1=NC2=C(C(=O)CCC2)[C@@H](c2cccc(O)c2)C1C(=O)OC1CCCCC1. The van der Waals surface area contributed by atoms with Crippen molar-refractivity contribution in [2.24, 2.45) is 10.9 Å². The minimum absolute atomic E-state index is 0.0451. The molecule has 1 heterocycles. The van der Waals surface area contributed by atoms with Gasteiger partial charge in [0.25, 0.3) is 0 Å². The van der Waals surface area contributed by atoms with Crippen LogP contribution in [0.25, 0.3) is 0 Å². The first-order chi connectivity index (χ1) is 13.5. The summed E-state index contributed by atoms with van der Waals surface area (Å²) in [5.74, 6) is -1.18. The molecule has 2 aliphatic carbocycles. The van der Waals surface area contributed by atoms with Crippen LogP contribution in [0.2, 0.25) is 0 Å². The zero-order valence-corrected chi connectivity index (χ0v) is 16.3. The number of aliphatic imine (C=N–C) groups is 1. The number of aromatic hydroxyl groups is 1. The highest BCUT2D eigenvalue weighted by atomic mass is 16.5. The Kier molecular flexibility index (Phi) is 5.33. The molecule has 1 saturated carbocycles. The summed E-state index contributed by atoms with van der Waals surface area (Å²) in [6.45, 7) is 1.85. The number of Topliss-reactive ketones (excluding diaryl/α,β-unsaturated/α-hetero) is 1. The van der Waals surface area contributed by atoms with Crippen molar-refractivity contribution in [3.05, 3.63) is 41.1 Å². The zero-order valence-electron chi connectivity index (χ0n) is 16.3. The molecule has 0 aromatic heterocycles. The molecule has 0 amide bonds. The number of carbonyl (C=O) groups is 2. The van der Waals surface area contributed by atoms with E-state index in [2.05, 4.69) is 4.99 Å². The summed E-state index contributed by atoms with van der Waals surface area (Å²) in [4.78, 5) is 30.7. The monoisotopic (exact) mass is 381 g/mol. The fraction of sp³-hybridized carbons (Fsp3) is 0.522. The number of ketones is 1. The van der Waals surface area contributed by atoms with Gasteiger partial charge in [-0.3, -0.25) is 14.6 Å². The number of hydrogen-bond acceptors (Lipinski definition) is 5. The second kappa shape index (κ2) is 7.90. The van der Waals surface area contributed by atoms with E-state index in [1.54, 1.807) is 18.2 Å². The van der Waals surface area contributed by atoms with E-state index in [0.717, 1.165) is 49.8 Å². The molecule has 4 rings (SSSR count). The van der Waals surface area contributed by atoms with Crippen LogP contribution in [0.4, 0.5) is 0 Å². The second-order valence-electron chi connectivity index (χ2n) is 8.14. The predicted molar refractivity (Wildman–Crippen MR) is 106 cm³/mol. The quantitative estimate of drug-likeness (QED) is 0.785. The van der Waals surface area contributed by atoms with Gasteiger partial charge < -0.3 is 9.84 Å². The first kappa shape index (κ1) is 18.9. The lowest BCUT2D eigenvalue weighted by Crippen LogP contribution is -2.38. The molecular weight excluding hydrogens is 354 g/mol. The van der Waals surface area contributed by atoms with E-state index in [-0.39, 0.29) is 23.6 Å². The smallest absolute Gasteiger partial charge is 0.315 e. The van der Waals surface area contributed by atoms with Crippen LogP contribution in [0.5, 0.6) is 5.75 Å². The highest BCUT2D eigenvalue weighted by Gasteiger charge is 2.43. The average Bonchev–Trinajstić information content (AvgIpc) is 2.68. The molecule has 0 saturated heterocycles. The fourth-order valence-electron chi connectivity index (χ4n) is 4.81. The molecule has 2 atom stereocenters. The first-order valence-electron chi connectivity index (χ1n) is 10.4. The summed E-state index contributed by atoms with van der Waals surface area (Å²) in [7, 11) is 0. The molecular formula is C23H27NO4. The van der Waals surface area contributed by atoms with Crippen LogP contribution in [0, 0.1) is 5.92 Å². The van der Waals surface area contributed by atoms with E-state index in [1.807, 2.05) is 13.0 Å². The molecule has 1 aromatic rings. The molecule has 5 heteroatoms. The molecule has 1 N–H and O–H groups in total. The Hall–Kier alpha value is -2.43. The number of allylic oxidation sites excluding steroid dienone is 2. The van der Waals surface area contributed by atoms with Gasteiger partial charge in [-0.15, -0.1) is 0 Å². The molecule has 1 unspecified atom stereocenters. The Morgan fingerprint density at radius 1 is 1.14 bits per heavy atom. The van der Waals surface area contributed by atoms with Gasteiger partial charge in [0.15, 0.2) is 5.78 Å². The number of nitrogens with zero attached hydrogens (tertiary/aromatic N) is 1. The number of phenols is 1. The Morgan fingerprint density at radius 2 is 1.93 bits per heavy atom. The standard InChI is InChI=1S/C23H27NO4/c1-14-20(23(27)28-17-9-3-2-4-10-17)21(15-7-5-8-16(25)13-15)22-18(24-14)11-6-12-19(22)26/h5,7-8,13,17,20-21,25H,2-4,6,9-12H2,1H3/t20?,21-/m0/s1. The van der Waals surface area contributed by atoms with Crippen molar-refractivity contribution in [1.29, 1.82) is 0 Å². The third-order valence-corrected chi connectivity index (χ3v) is 6.15. The highest BCUT2D eigenvalue weighted by Crippen LogP contribution is 2.44. The van der Waals surface area contributed by atoms with Gasteiger partial charge in [0.05, 0.1) is 0 Å². The number of carbonyl (C=O) groups excluding carboxylic acids is 2. The van der Waals surface area contributed by atoms with Crippen LogP contribution < -0.4 is 0 Å². The van der Waals surface area contributed by atoms with Crippen molar-refractivity contribution in [1.82, 2.24) is 0 Å². The molecule has 148 valence electrons. The van der Waals surface area contributed by atoms with Crippen molar-refractivity contribution in [2.75, 3.05) is 0 Å². The van der Waals surface area contributed by atoms with E-state index < -0.39 is 11.8 Å². The van der Waals surface area contributed by atoms with Gasteiger partial charge in [0, 0.05) is 29.3 Å². The maximum Gasteiger partial charge on any atom is 0.315 e. The Bertz CT molecular complexity index is 848. The molecule has 1 fully saturated rings. The van der Waals surface area contributed by atoms with Gasteiger partial charge in [0.1, 0.15) is 17.8 Å². The van der Waals surface area contributed by atoms with E-state index in [4.69, 9.17) is 4.74 Å². The molecule has 0 radical (unpaired) electrons. The van der Waals surface area contributed by atoms with Crippen molar-refractivity contribution >= 4 is 17.5 Å². The van der Waals surface area contributed by atoms with Crippen LogP contribution in [-0.4, -0.2) is 28.7 Å². The summed E-state index contributed by atoms with van der Waals surface area (Å²) in [6.07, 6.45) is 7.13. The predicted octanol–water partition coefficient (Wildman–Crippen LogP) is 4.45. The second-order valence-corrected chi connectivity index (χ2v) is 8.14. The molecule has 0 bridgehead atoms. The lowest BCUT2D eigenvalue weighted by molar-refractivity contribution is -0.153. The summed E-state index contributed by atoms with van der Waals surface area (Å²) in [5.41, 5.74) is 2.89. The Balaban J connectivity index is 1.72. The molecule has 1 aromatic carbocycles. The van der Waals surface area contributed by atoms with Crippen molar-refractivity contribution in [3.8, 4) is 5.75 Å². The van der Waals surface area contributed by atoms with Gasteiger partial charge in [0.2, 0.25) is 0 Å². The third-order valence-electron chi connectivity index (χ3n) is 6.15.